The first-order chi connectivity index (χ1) is 5.15. The van der Waals surface area contributed by atoms with Crippen molar-refractivity contribution in [2.24, 2.45) is 11.5 Å². The normalized spacial score (nSPS) is 6.92. The van der Waals surface area contributed by atoms with Crippen LogP contribution < -0.4 is 108 Å². The van der Waals surface area contributed by atoms with Gasteiger partial charge in [-0.05, 0) is 6.16 Å². The molecule has 0 saturated heterocycles. The largest absolute Gasteiger partial charge is 1.00 e. The Morgan fingerprint density at radius 2 is 1.38 bits per heavy atom. The van der Waals surface area contributed by atoms with Crippen LogP contribution in [0.1, 0.15) is 0 Å². The third-order valence-electron chi connectivity index (χ3n) is 0.642. The maximum atomic E-state index is 8.33. The Morgan fingerprint density at radius 1 is 1.15 bits per heavy atom. The number of carboxylic acid groups (broad SMARTS) is 2. The molecule has 0 aromatic carbocycles. The number of carbonyl (C=O) groups is 1. The zero-order valence-electron chi connectivity index (χ0n) is 8.21. The molecule has 13 heavy (non-hydrogen) atoms. The monoisotopic (exact) mass is 225 g/mol. The van der Waals surface area contributed by atoms with Crippen LogP contribution in [0.5, 0.6) is 0 Å². The van der Waals surface area contributed by atoms with E-state index in [1.165, 1.54) is 0 Å². The van der Waals surface area contributed by atoms with Crippen LogP contribution in [0, 0.1) is 0 Å². The summed E-state index contributed by atoms with van der Waals surface area (Å²) in [4.78, 5) is 8.33. The summed E-state index contributed by atoms with van der Waals surface area (Å²) in [7, 11) is 0. The molecule has 5 N–H and O–H groups in total. The van der Waals surface area contributed by atoms with Gasteiger partial charge in [0.05, 0.1) is 0 Å². The van der Waals surface area contributed by atoms with Crippen LogP contribution in [0.2, 0.25) is 0 Å². The third-order valence-corrected chi connectivity index (χ3v) is 0.642. The minimum Gasteiger partial charge on any atom is -0.652 e. The van der Waals surface area contributed by atoms with Gasteiger partial charge in [-0.3, -0.25) is 0 Å². The van der Waals surface area contributed by atoms with Crippen molar-refractivity contribution in [3.8, 4) is 0 Å². The Balaban J connectivity index is -0.0000000600. The van der Waals surface area contributed by atoms with E-state index in [-0.39, 0.29) is 80.9 Å². The molecule has 0 radical (unpaired) electrons. The molecule has 0 aliphatic heterocycles. The standard InChI is InChI=1S/C4H13N3.CH2O3.K.Na/c5-1-3-7-4-2-6;2-1(3)4;;/h7H,1-6H2;(H2,2,3,4);;/q;;2*+1/p-2. The molecule has 0 aliphatic carbocycles. The topological polar surface area (TPSA) is 127 Å². The zero-order chi connectivity index (χ0) is 9.11. The molecule has 0 saturated carbocycles. The molecule has 6 nitrogen and oxygen atoms in total. The van der Waals surface area contributed by atoms with Crippen LogP contribution in [-0.2, 0) is 0 Å². The van der Waals surface area contributed by atoms with Gasteiger partial charge in [-0.25, -0.2) is 0 Å². The Bertz CT molecular complexity index is 91.1. The van der Waals surface area contributed by atoms with Gasteiger partial charge in [-0.1, -0.05) is 0 Å². The van der Waals surface area contributed by atoms with Crippen molar-refractivity contribution in [1.82, 2.24) is 5.32 Å². The molecular weight excluding hydrogens is 212 g/mol. The molecule has 0 rings (SSSR count). The number of nitrogens with two attached hydrogens (primary N) is 2. The van der Waals surface area contributed by atoms with Crippen molar-refractivity contribution in [2.75, 3.05) is 26.2 Å². The molecule has 0 spiro atoms. The summed E-state index contributed by atoms with van der Waals surface area (Å²) < 4.78 is 0. The third kappa shape index (κ3) is 57.2. The fraction of sp³-hybridized carbons (Fsp3) is 0.800. The summed E-state index contributed by atoms with van der Waals surface area (Å²) in [6.45, 7) is 3.13. The molecule has 68 valence electrons. The molecule has 0 fully saturated rings. The first-order valence-electron chi connectivity index (χ1n) is 3.14. The number of rotatable bonds is 4. The maximum absolute atomic E-state index is 8.33. The van der Waals surface area contributed by atoms with E-state index in [0.29, 0.717) is 13.1 Å². The molecule has 0 aromatic heterocycles. The van der Waals surface area contributed by atoms with E-state index in [9.17, 15) is 0 Å². The zero-order valence-corrected chi connectivity index (χ0v) is 13.3. The van der Waals surface area contributed by atoms with E-state index in [1.54, 1.807) is 0 Å². The number of hydrogen-bond donors (Lipinski definition) is 3. The van der Waals surface area contributed by atoms with Crippen molar-refractivity contribution >= 4 is 6.16 Å². The maximum Gasteiger partial charge on any atom is 1.00 e. The number of nitrogens with one attached hydrogen (secondary N) is 1. The molecular formula is C5H13KN3NaO3. The van der Waals surface area contributed by atoms with E-state index in [1.807, 2.05) is 0 Å². The quantitative estimate of drug-likeness (QED) is 0.322. The Hall–Kier alpha value is 1.79. The van der Waals surface area contributed by atoms with Gasteiger partial charge in [-0.2, -0.15) is 0 Å². The Labute approximate surface area is 143 Å². The van der Waals surface area contributed by atoms with E-state index in [0.717, 1.165) is 13.1 Å². The summed E-state index contributed by atoms with van der Waals surface area (Å²) in [6.07, 6.45) is -2.33. The van der Waals surface area contributed by atoms with Crippen LogP contribution in [0.3, 0.4) is 0 Å². The second-order valence-electron chi connectivity index (χ2n) is 1.58. The number of carbonyl (C=O) groups excluding carboxylic acids is 1. The van der Waals surface area contributed by atoms with E-state index in [2.05, 4.69) is 5.32 Å². The van der Waals surface area contributed by atoms with Gasteiger partial charge in [-0.15, -0.1) is 0 Å². The smallest absolute Gasteiger partial charge is 0.652 e. The molecule has 0 heterocycles. The Kier molecular flexibility index (Phi) is 43.7. The van der Waals surface area contributed by atoms with Crippen molar-refractivity contribution in [3.63, 3.8) is 0 Å². The summed E-state index contributed by atoms with van der Waals surface area (Å²) in [5.74, 6) is 0. The molecule has 0 unspecified atom stereocenters. The molecule has 0 bridgehead atoms. The van der Waals surface area contributed by atoms with Gasteiger partial charge in [0.1, 0.15) is 0 Å². The summed E-state index contributed by atoms with van der Waals surface area (Å²) in [5, 5.41) is 19.7. The van der Waals surface area contributed by atoms with Gasteiger partial charge < -0.3 is 31.8 Å². The average molecular weight is 225 g/mol. The molecule has 0 aromatic rings. The molecule has 0 aliphatic rings. The van der Waals surface area contributed by atoms with Gasteiger partial charge in [0.2, 0.25) is 0 Å². The molecule has 0 amide bonds. The average Bonchev–Trinajstić information content (AvgIpc) is 1.88. The summed E-state index contributed by atoms with van der Waals surface area (Å²) in [6, 6.07) is 0. The van der Waals surface area contributed by atoms with Gasteiger partial charge >= 0.3 is 80.9 Å². The van der Waals surface area contributed by atoms with Crippen molar-refractivity contribution in [1.29, 1.82) is 0 Å². The summed E-state index contributed by atoms with van der Waals surface area (Å²) >= 11 is 0. The van der Waals surface area contributed by atoms with Crippen molar-refractivity contribution in [3.05, 3.63) is 0 Å². The second-order valence-corrected chi connectivity index (χ2v) is 1.58. The molecule has 0 atom stereocenters. The first kappa shape index (κ1) is 24.2. The van der Waals surface area contributed by atoms with Gasteiger partial charge in [0.15, 0.2) is 0 Å². The van der Waals surface area contributed by atoms with Crippen LogP contribution in [0.15, 0.2) is 0 Å². The van der Waals surface area contributed by atoms with Gasteiger partial charge in [0, 0.05) is 26.2 Å². The second kappa shape index (κ2) is 23.5. The minimum atomic E-state index is -2.33. The fourth-order valence-electron chi connectivity index (χ4n) is 0.329. The predicted octanol–water partition coefficient (Wildman–Crippen LogP) is -9.95. The van der Waals surface area contributed by atoms with Crippen LogP contribution >= 0.6 is 0 Å². The first-order valence-corrected chi connectivity index (χ1v) is 3.14. The predicted molar refractivity (Wildman–Crippen MR) is 36.4 cm³/mol. The van der Waals surface area contributed by atoms with Crippen LogP contribution in [0.25, 0.3) is 0 Å². The van der Waals surface area contributed by atoms with Gasteiger partial charge in [0.25, 0.3) is 0 Å². The van der Waals surface area contributed by atoms with Crippen molar-refractivity contribution < 1.29 is 95.9 Å². The molecule has 8 heteroatoms. The van der Waals surface area contributed by atoms with E-state index >= 15 is 0 Å². The minimum absolute atomic E-state index is 0. The van der Waals surface area contributed by atoms with Crippen LogP contribution in [-0.4, -0.2) is 32.3 Å². The van der Waals surface area contributed by atoms with E-state index < -0.39 is 6.16 Å². The van der Waals surface area contributed by atoms with E-state index in [4.69, 9.17) is 26.5 Å². The number of hydrogen-bond acceptors (Lipinski definition) is 6. The van der Waals surface area contributed by atoms with Crippen LogP contribution in [0.4, 0.5) is 4.79 Å². The Morgan fingerprint density at radius 3 is 1.54 bits per heavy atom. The fourth-order valence-corrected chi connectivity index (χ4v) is 0.329. The summed E-state index contributed by atoms with van der Waals surface area (Å²) in [5.41, 5.74) is 10.3. The SMILES string of the molecule is NCCNCCN.O=C([O-])[O-].[K+].[Na+]. The van der Waals surface area contributed by atoms with Crippen molar-refractivity contribution in [2.45, 2.75) is 0 Å².